The van der Waals surface area contributed by atoms with Gasteiger partial charge in [0.2, 0.25) is 0 Å². The first-order chi connectivity index (χ1) is 6.70. The molecule has 1 aromatic heterocycles. The summed E-state index contributed by atoms with van der Waals surface area (Å²) in [6, 6.07) is 4.37. The number of hydrogen-bond donors (Lipinski definition) is 0. The van der Waals surface area contributed by atoms with E-state index >= 15 is 0 Å². The quantitative estimate of drug-likeness (QED) is 0.650. The smallest absolute Gasteiger partial charge is 0.382 e. The summed E-state index contributed by atoms with van der Waals surface area (Å²) in [7, 11) is 1.27. The van der Waals surface area contributed by atoms with Crippen molar-refractivity contribution in [1.29, 1.82) is 0 Å². The minimum atomic E-state index is -0.915. The third kappa shape index (κ3) is 1.32. The van der Waals surface area contributed by atoms with Crippen molar-refractivity contribution in [3.8, 4) is 0 Å². The molecule has 0 spiro atoms. The number of nitrogens with zero attached hydrogens (tertiary/aromatic N) is 1. The van der Waals surface area contributed by atoms with Gasteiger partial charge in [0.25, 0.3) is 0 Å². The van der Waals surface area contributed by atoms with Crippen molar-refractivity contribution in [2.24, 2.45) is 0 Å². The third-order valence-electron chi connectivity index (χ3n) is 1.78. The molecule has 0 aliphatic heterocycles. The molecule has 0 unspecified atom stereocenters. The molecule has 0 saturated heterocycles. The van der Waals surface area contributed by atoms with Crippen LogP contribution in [-0.4, -0.2) is 18.1 Å². The second-order valence-electron chi connectivity index (χ2n) is 2.64. The Morgan fingerprint density at radius 1 is 1.57 bits per heavy atom. The van der Waals surface area contributed by atoms with Gasteiger partial charge in [0.1, 0.15) is 5.52 Å². The van der Waals surface area contributed by atoms with Crippen molar-refractivity contribution in [3.05, 3.63) is 29.9 Å². The minimum absolute atomic E-state index is 0.297. The van der Waals surface area contributed by atoms with E-state index in [1.165, 1.54) is 25.3 Å². The molecule has 4 nitrogen and oxygen atoms in total. The van der Waals surface area contributed by atoms with Crippen LogP contribution in [0.2, 0.25) is 0 Å². The van der Waals surface area contributed by atoms with Crippen LogP contribution < -0.4 is 0 Å². The molecule has 0 amide bonds. The summed E-state index contributed by atoms with van der Waals surface area (Å²) >= 11 is 0. The largest absolute Gasteiger partial charge is 0.465 e. The van der Waals surface area contributed by atoms with Gasteiger partial charge in [-0.25, -0.2) is 4.79 Å². The van der Waals surface area contributed by atoms with Gasteiger partial charge in [-0.2, -0.15) is 4.98 Å². The lowest BCUT2D eigenvalue weighted by Crippen LogP contribution is -2.00. The number of esters is 1. The van der Waals surface area contributed by atoms with E-state index in [0.717, 1.165) is 0 Å². The molecular formula is C9H6FNO3. The predicted molar refractivity (Wildman–Crippen MR) is 45.3 cm³/mol. The zero-order chi connectivity index (χ0) is 10.1. The van der Waals surface area contributed by atoms with Crippen LogP contribution in [0.5, 0.6) is 0 Å². The number of oxazole rings is 1. The van der Waals surface area contributed by atoms with Crippen LogP contribution in [0, 0.1) is 6.14 Å². The van der Waals surface area contributed by atoms with E-state index in [4.69, 9.17) is 0 Å². The number of benzene rings is 1. The van der Waals surface area contributed by atoms with Crippen LogP contribution in [0.3, 0.4) is 0 Å². The molecule has 72 valence electrons. The van der Waals surface area contributed by atoms with Gasteiger partial charge in [0.15, 0.2) is 5.58 Å². The molecular weight excluding hydrogens is 189 g/mol. The SMILES string of the molecule is COC(=O)c1ccc2oc(F)nc2c1. The highest BCUT2D eigenvalue weighted by atomic mass is 19.1. The van der Waals surface area contributed by atoms with Gasteiger partial charge < -0.3 is 9.15 Å². The Kier molecular flexibility index (Phi) is 1.92. The lowest BCUT2D eigenvalue weighted by molar-refractivity contribution is 0.0601. The molecule has 0 atom stereocenters. The molecule has 0 radical (unpaired) electrons. The maximum atomic E-state index is 12.5. The second kappa shape index (κ2) is 3.10. The second-order valence-corrected chi connectivity index (χ2v) is 2.64. The van der Waals surface area contributed by atoms with Crippen LogP contribution in [0.4, 0.5) is 4.39 Å². The van der Waals surface area contributed by atoms with Crippen molar-refractivity contribution in [3.63, 3.8) is 0 Å². The van der Waals surface area contributed by atoms with Gasteiger partial charge in [0, 0.05) is 0 Å². The fraction of sp³-hybridized carbons (Fsp3) is 0.111. The number of carbonyl (C=O) groups excluding carboxylic acids is 1. The lowest BCUT2D eigenvalue weighted by atomic mass is 10.2. The fourth-order valence-electron chi connectivity index (χ4n) is 1.14. The van der Waals surface area contributed by atoms with Crippen molar-refractivity contribution in [1.82, 2.24) is 4.98 Å². The summed E-state index contributed by atoms with van der Waals surface area (Å²) < 4.78 is 21.6. The first-order valence-corrected chi connectivity index (χ1v) is 3.85. The third-order valence-corrected chi connectivity index (χ3v) is 1.78. The van der Waals surface area contributed by atoms with Crippen molar-refractivity contribution in [2.75, 3.05) is 7.11 Å². The lowest BCUT2D eigenvalue weighted by Gasteiger charge is -1.96. The molecule has 2 rings (SSSR count). The highest BCUT2D eigenvalue weighted by Gasteiger charge is 2.09. The van der Waals surface area contributed by atoms with Gasteiger partial charge >= 0.3 is 12.1 Å². The van der Waals surface area contributed by atoms with Crippen LogP contribution in [0.15, 0.2) is 22.6 Å². The summed E-state index contributed by atoms with van der Waals surface area (Å²) in [4.78, 5) is 14.5. The zero-order valence-corrected chi connectivity index (χ0v) is 7.28. The maximum Gasteiger partial charge on any atom is 0.382 e. The predicted octanol–water partition coefficient (Wildman–Crippen LogP) is 1.75. The number of rotatable bonds is 1. The molecule has 2 aromatic rings. The van der Waals surface area contributed by atoms with Crippen molar-refractivity contribution >= 4 is 17.1 Å². The fourth-order valence-corrected chi connectivity index (χ4v) is 1.14. The number of aromatic nitrogens is 1. The van der Waals surface area contributed by atoms with Crippen LogP contribution >= 0.6 is 0 Å². The number of ether oxygens (including phenoxy) is 1. The summed E-state index contributed by atoms with van der Waals surface area (Å²) in [5.74, 6) is -0.490. The molecule has 0 fully saturated rings. The number of halogens is 1. The molecule has 0 N–H and O–H groups in total. The van der Waals surface area contributed by atoms with Crippen LogP contribution in [0.25, 0.3) is 11.1 Å². The van der Waals surface area contributed by atoms with Gasteiger partial charge in [-0.3, -0.25) is 0 Å². The number of hydrogen-bond acceptors (Lipinski definition) is 4. The van der Waals surface area contributed by atoms with E-state index in [2.05, 4.69) is 14.1 Å². The molecule has 1 heterocycles. The highest BCUT2D eigenvalue weighted by Crippen LogP contribution is 2.16. The molecule has 0 bridgehead atoms. The molecule has 5 heteroatoms. The Morgan fingerprint density at radius 3 is 3.07 bits per heavy atom. The zero-order valence-electron chi connectivity index (χ0n) is 7.28. The van der Waals surface area contributed by atoms with E-state index in [0.29, 0.717) is 16.7 Å². The normalized spacial score (nSPS) is 10.4. The summed E-state index contributed by atoms with van der Waals surface area (Å²) in [5.41, 5.74) is 0.911. The Labute approximate surface area is 78.3 Å². The molecule has 0 saturated carbocycles. The number of fused-ring (bicyclic) bond motifs is 1. The highest BCUT2D eigenvalue weighted by molar-refractivity contribution is 5.93. The number of carbonyl (C=O) groups is 1. The summed E-state index contributed by atoms with van der Waals surface area (Å²) in [6.45, 7) is 0. The van der Waals surface area contributed by atoms with E-state index < -0.39 is 12.1 Å². The standard InChI is InChI=1S/C9H6FNO3/c1-13-8(12)5-2-3-7-6(4-5)11-9(10)14-7/h2-4H,1H3. The Hall–Kier alpha value is -1.91. The van der Waals surface area contributed by atoms with E-state index in [9.17, 15) is 9.18 Å². The summed E-state index contributed by atoms with van der Waals surface area (Å²) in [6.07, 6.45) is -0.915. The van der Waals surface area contributed by atoms with Crippen molar-refractivity contribution in [2.45, 2.75) is 0 Å². The average Bonchev–Trinajstić information content (AvgIpc) is 2.55. The molecule has 14 heavy (non-hydrogen) atoms. The first-order valence-electron chi connectivity index (χ1n) is 3.85. The molecule has 1 aromatic carbocycles. The van der Waals surface area contributed by atoms with Crippen molar-refractivity contribution < 1.29 is 18.3 Å². The Bertz CT molecular complexity index is 492. The topological polar surface area (TPSA) is 52.3 Å². The molecule has 0 aliphatic rings. The average molecular weight is 195 g/mol. The van der Waals surface area contributed by atoms with E-state index in [-0.39, 0.29) is 0 Å². The van der Waals surface area contributed by atoms with E-state index in [1.807, 2.05) is 0 Å². The van der Waals surface area contributed by atoms with Gasteiger partial charge in [-0.15, -0.1) is 4.39 Å². The Balaban J connectivity index is 2.55. The van der Waals surface area contributed by atoms with Gasteiger partial charge in [-0.1, -0.05) is 0 Å². The number of methoxy groups -OCH3 is 1. The first kappa shape index (κ1) is 8.68. The summed E-state index contributed by atoms with van der Waals surface area (Å²) in [5, 5.41) is 0. The van der Waals surface area contributed by atoms with Crippen LogP contribution in [-0.2, 0) is 4.74 Å². The van der Waals surface area contributed by atoms with Crippen LogP contribution in [0.1, 0.15) is 10.4 Å². The van der Waals surface area contributed by atoms with Gasteiger partial charge in [-0.05, 0) is 18.2 Å². The minimum Gasteiger partial charge on any atom is -0.465 e. The maximum absolute atomic E-state index is 12.5. The molecule has 0 aliphatic carbocycles. The monoisotopic (exact) mass is 195 g/mol. The Morgan fingerprint density at radius 2 is 2.36 bits per heavy atom. The van der Waals surface area contributed by atoms with E-state index in [1.54, 1.807) is 0 Å². The van der Waals surface area contributed by atoms with Gasteiger partial charge in [0.05, 0.1) is 12.7 Å².